The molecule has 0 aliphatic rings. The van der Waals surface area contributed by atoms with Crippen molar-refractivity contribution in [2.24, 2.45) is 0 Å². The number of oxazole rings is 1. The number of rotatable bonds is 9. The van der Waals surface area contributed by atoms with Crippen LogP contribution < -0.4 is 15.5 Å². The first kappa shape index (κ1) is 21.0. The Bertz CT molecular complexity index is 981. The molecule has 0 fully saturated rings. The number of anilines is 1. The van der Waals surface area contributed by atoms with Crippen LogP contribution in [-0.4, -0.2) is 26.3 Å². The van der Waals surface area contributed by atoms with Crippen LogP contribution >= 0.6 is 7.60 Å². The molecule has 0 atom stereocenters. The highest BCUT2D eigenvalue weighted by Gasteiger charge is 2.34. The fourth-order valence-electron chi connectivity index (χ4n) is 2.68. The van der Waals surface area contributed by atoms with Crippen molar-refractivity contribution in [3.63, 3.8) is 0 Å². The van der Waals surface area contributed by atoms with Gasteiger partial charge in [0.25, 0.3) is 0 Å². The number of ether oxygens (including phenoxy) is 1. The summed E-state index contributed by atoms with van der Waals surface area (Å²) >= 11 is 0. The van der Waals surface area contributed by atoms with E-state index in [4.69, 9.17) is 18.2 Å². The summed E-state index contributed by atoms with van der Waals surface area (Å²) in [4.78, 5) is 4.35. The summed E-state index contributed by atoms with van der Waals surface area (Å²) in [6.07, 6.45) is 0.378. The fourth-order valence-corrected chi connectivity index (χ4v) is 3.78. The van der Waals surface area contributed by atoms with Crippen LogP contribution in [0.1, 0.15) is 17.0 Å². The van der Waals surface area contributed by atoms with Gasteiger partial charge in [0, 0.05) is 27.2 Å². The van der Waals surface area contributed by atoms with E-state index in [2.05, 4.69) is 10.3 Å². The molecule has 1 N–H and O–H groups in total. The average Bonchev–Trinajstić information content (AvgIpc) is 3.16. The van der Waals surface area contributed by atoms with Gasteiger partial charge >= 0.3 is 7.60 Å². The second-order valence-electron chi connectivity index (χ2n) is 6.13. The SMILES string of the molecule is COc1ccc(Cc2nc(P(=O)(OC)OC)c(NCc3ccc(F)cc3)o2)cc1. The number of aromatic nitrogens is 1. The second kappa shape index (κ2) is 9.22. The van der Waals surface area contributed by atoms with Crippen LogP contribution in [0.4, 0.5) is 10.3 Å². The Kier molecular flexibility index (Phi) is 6.69. The molecule has 1 aromatic heterocycles. The van der Waals surface area contributed by atoms with Crippen molar-refractivity contribution in [3.8, 4) is 5.75 Å². The number of benzene rings is 2. The standard InChI is InChI=1S/C20H22FN2O5P/c1-25-17-10-6-14(7-11-17)12-18-23-20(29(24,26-2)27-3)19(28-18)22-13-15-4-8-16(21)9-5-15/h4-11,22H,12-13H2,1-3H3. The van der Waals surface area contributed by atoms with Gasteiger partial charge in [0.05, 0.1) is 7.11 Å². The van der Waals surface area contributed by atoms with Crippen LogP contribution in [-0.2, 0) is 26.6 Å². The zero-order valence-corrected chi connectivity index (χ0v) is 17.2. The van der Waals surface area contributed by atoms with E-state index < -0.39 is 7.60 Å². The van der Waals surface area contributed by atoms with Crippen LogP contribution in [0.15, 0.2) is 52.9 Å². The number of hydrogen-bond acceptors (Lipinski definition) is 7. The molecule has 0 unspecified atom stereocenters. The summed E-state index contributed by atoms with van der Waals surface area (Å²) in [5.41, 5.74) is 1.82. The van der Waals surface area contributed by atoms with Gasteiger partial charge in [0.15, 0.2) is 0 Å². The third kappa shape index (κ3) is 5.03. The Balaban J connectivity index is 1.86. The van der Waals surface area contributed by atoms with E-state index in [-0.39, 0.29) is 17.1 Å². The highest BCUT2D eigenvalue weighted by atomic mass is 31.2. The zero-order valence-electron chi connectivity index (χ0n) is 16.3. The molecule has 0 saturated heterocycles. The molecule has 0 saturated carbocycles. The third-order valence-corrected chi connectivity index (χ3v) is 6.06. The van der Waals surface area contributed by atoms with Crippen molar-refractivity contribution in [2.45, 2.75) is 13.0 Å². The van der Waals surface area contributed by atoms with E-state index in [0.29, 0.717) is 18.9 Å². The largest absolute Gasteiger partial charge is 0.497 e. The molecule has 0 bridgehead atoms. The lowest BCUT2D eigenvalue weighted by molar-refractivity contribution is 0.286. The molecule has 7 nitrogen and oxygen atoms in total. The van der Waals surface area contributed by atoms with Gasteiger partial charge in [0.1, 0.15) is 11.6 Å². The van der Waals surface area contributed by atoms with Crippen LogP contribution in [0, 0.1) is 5.82 Å². The summed E-state index contributed by atoms with van der Waals surface area (Å²) in [6.45, 7) is 0.317. The van der Waals surface area contributed by atoms with E-state index >= 15 is 0 Å². The maximum Gasteiger partial charge on any atom is 0.384 e. The molecule has 0 radical (unpaired) electrons. The topological polar surface area (TPSA) is 82.8 Å². The maximum atomic E-state index is 13.1. The molecular formula is C20H22FN2O5P. The van der Waals surface area contributed by atoms with Crippen molar-refractivity contribution < 1.29 is 27.2 Å². The third-order valence-electron chi connectivity index (χ3n) is 4.27. The van der Waals surface area contributed by atoms with Crippen molar-refractivity contribution >= 4 is 18.9 Å². The van der Waals surface area contributed by atoms with Gasteiger partial charge in [-0.15, -0.1) is 0 Å². The summed E-state index contributed by atoms with van der Waals surface area (Å²) in [5, 5.41) is 3.04. The Morgan fingerprint density at radius 3 is 2.21 bits per heavy atom. The zero-order chi connectivity index (χ0) is 20.9. The summed E-state index contributed by atoms with van der Waals surface area (Å²) < 4.78 is 47.1. The Morgan fingerprint density at radius 2 is 1.62 bits per heavy atom. The fraction of sp³-hybridized carbons (Fsp3) is 0.250. The Hall–Kier alpha value is -2.67. The van der Waals surface area contributed by atoms with Gasteiger partial charge in [-0.1, -0.05) is 24.3 Å². The molecular weight excluding hydrogens is 398 g/mol. The van der Waals surface area contributed by atoms with E-state index in [1.165, 1.54) is 26.4 Å². The lowest BCUT2D eigenvalue weighted by atomic mass is 10.1. The van der Waals surface area contributed by atoms with Crippen LogP contribution in [0.5, 0.6) is 5.75 Å². The van der Waals surface area contributed by atoms with Crippen LogP contribution in [0.3, 0.4) is 0 Å². The molecule has 154 valence electrons. The van der Waals surface area contributed by atoms with Crippen molar-refractivity contribution in [2.75, 3.05) is 26.6 Å². The molecule has 0 aliphatic heterocycles. The number of nitrogens with zero attached hydrogens (tertiary/aromatic N) is 1. The van der Waals surface area contributed by atoms with Crippen molar-refractivity contribution in [1.29, 1.82) is 0 Å². The minimum Gasteiger partial charge on any atom is -0.497 e. The normalized spacial score (nSPS) is 11.4. The highest BCUT2D eigenvalue weighted by Crippen LogP contribution is 2.47. The van der Waals surface area contributed by atoms with Gasteiger partial charge in [-0.3, -0.25) is 4.57 Å². The predicted molar refractivity (Wildman–Crippen MR) is 107 cm³/mol. The first-order valence-electron chi connectivity index (χ1n) is 8.80. The molecule has 1 heterocycles. The van der Waals surface area contributed by atoms with Crippen molar-refractivity contribution in [1.82, 2.24) is 4.98 Å². The second-order valence-corrected chi connectivity index (χ2v) is 8.28. The van der Waals surface area contributed by atoms with Gasteiger partial charge in [-0.25, -0.2) is 9.37 Å². The first-order valence-corrected chi connectivity index (χ1v) is 10.3. The Morgan fingerprint density at radius 1 is 1.00 bits per heavy atom. The number of halogens is 1. The van der Waals surface area contributed by atoms with E-state index in [9.17, 15) is 8.96 Å². The summed E-state index contributed by atoms with van der Waals surface area (Å²) in [5.74, 6) is 0.955. The number of methoxy groups -OCH3 is 1. The lowest BCUT2D eigenvalue weighted by Crippen LogP contribution is -2.15. The predicted octanol–water partition coefficient (Wildman–Crippen LogP) is 4.14. The molecule has 3 aromatic rings. The van der Waals surface area contributed by atoms with E-state index in [0.717, 1.165) is 16.9 Å². The molecule has 2 aromatic carbocycles. The molecule has 29 heavy (non-hydrogen) atoms. The number of nitrogens with one attached hydrogen (secondary N) is 1. The minimum atomic E-state index is -3.64. The van der Waals surface area contributed by atoms with Crippen LogP contribution in [0.2, 0.25) is 0 Å². The molecule has 3 rings (SSSR count). The number of hydrogen-bond donors (Lipinski definition) is 1. The monoisotopic (exact) mass is 420 g/mol. The van der Waals surface area contributed by atoms with Gasteiger partial charge < -0.3 is 23.5 Å². The summed E-state index contributed by atoms with van der Waals surface area (Å²) in [7, 11) is 0.522. The molecule has 9 heteroatoms. The quantitative estimate of drug-likeness (QED) is 0.521. The first-order chi connectivity index (χ1) is 14.0. The van der Waals surface area contributed by atoms with Gasteiger partial charge in [0.2, 0.25) is 17.2 Å². The molecule has 0 spiro atoms. The average molecular weight is 420 g/mol. The van der Waals surface area contributed by atoms with Gasteiger partial charge in [-0.05, 0) is 35.4 Å². The smallest absolute Gasteiger partial charge is 0.384 e. The maximum absolute atomic E-state index is 13.1. The Labute approximate surface area is 168 Å². The van der Waals surface area contributed by atoms with E-state index in [1.807, 2.05) is 24.3 Å². The van der Waals surface area contributed by atoms with Gasteiger partial charge in [-0.2, -0.15) is 0 Å². The van der Waals surface area contributed by atoms with Crippen LogP contribution in [0.25, 0.3) is 0 Å². The summed E-state index contributed by atoms with van der Waals surface area (Å²) in [6, 6.07) is 13.5. The van der Waals surface area contributed by atoms with Crippen molar-refractivity contribution in [3.05, 3.63) is 71.4 Å². The highest BCUT2D eigenvalue weighted by molar-refractivity contribution is 7.62. The lowest BCUT2D eigenvalue weighted by Gasteiger charge is -2.12. The van der Waals surface area contributed by atoms with E-state index in [1.54, 1.807) is 19.2 Å². The molecule has 0 amide bonds. The molecule has 0 aliphatic carbocycles. The minimum absolute atomic E-state index is 0.0631.